The predicted molar refractivity (Wildman–Crippen MR) is 91.7 cm³/mol. The second-order valence-electron chi connectivity index (χ2n) is 6.74. The van der Waals surface area contributed by atoms with Crippen molar-refractivity contribution in [3.63, 3.8) is 0 Å². The van der Waals surface area contributed by atoms with Crippen molar-refractivity contribution in [3.8, 4) is 0 Å². The first-order chi connectivity index (χ1) is 11.4. The van der Waals surface area contributed by atoms with Crippen LogP contribution in [-0.4, -0.2) is 18.5 Å². The van der Waals surface area contributed by atoms with E-state index < -0.39 is 11.9 Å². The molecular weight excluding hydrogens is 304 g/mol. The molecular formula is C20H22O4. The van der Waals surface area contributed by atoms with Crippen LogP contribution in [0.25, 0.3) is 0 Å². The molecule has 0 aliphatic carbocycles. The zero-order valence-electron chi connectivity index (χ0n) is 14.2. The first-order valence-corrected chi connectivity index (χ1v) is 7.84. The van der Waals surface area contributed by atoms with Crippen LogP contribution in [0, 0.1) is 5.41 Å². The Hall–Kier alpha value is -2.62. The average Bonchev–Trinajstić information content (AvgIpc) is 2.58. The van der Waals surface area contributed by atoms with Gasteiger partial charge in [0.05, 0.1) is 17.7 Å². The highest BCUT2D eigenvalue weighted by molar-refractivity contribution is 6.03. The van der Waals surface area contributed by atoms with E-state index in [2.05, 4.69) is 0 Å². The van der Waals surface area contributed by atoms with E-state index in [9.17, 15) is 9.59 Å². The van der Waals surface area contributed by atoms with Crippen molar-refractivity contribution < 1.29 is 19.1 Å². The van der Waals surface area contributed by atoms with E-state index in [4.69, 9.17) is 9.47 Å². The van der Waals surface area contributed by atoms with E-state index in [0.29, 0.717) is 0 Å². The van der Waals surface area contributed by atoms with Crippen molar-refractivity contribution in [2.45, 2.75) is 27.4 Å². The smallest absolute Gasteiger partial charge is 0.339 e. The molecule has 0 spiro atoms. The lowest BCUT2D eigenvalue weighted by molar-refractivity contribution is 0.0350. The molecule has 0 aromatic heterocycles. The highest BCUT2D eigenvalue weighted by Crippen LogP contribution is 2.17. The van der Waals surface area contributed by atoms with Gasteiger partial charge in [0.1, 0.15) is 6.61 Å². The van der Waals surface area contributed by atoms with Crippen LogP contribution in [0.2, 0.25) is 0 Å². The fourth-order valence-corrected chi connectivity index (χ4v) is 2.00. The third kappa shape index (κ3) is 5.23. The quantitative estimate of drug-likeness (QED) is 0.771. The van der Waals surface area contributed by atoms with Crippen LogP contribution in [0.3, 0.4) is 0 Å². The predicted octanol–water partition coefficient (Wildman–Crippen LogP) is 4.25. The second-order valence-corrected chi connectivity index (χ2v) is 6.74. The van der Waals surface area contributed by atoms with Crippen molar-refractivity contribution in [2.75, 3.05) is 6.61 Å². The first-order valence-electron chi connectivity index (χ1n) is 7.84. The number of ether oxygens (including phenoxy) is 2. The zero-order valence-corrected chi connectivity index (χ0v) is 14.2. The van der Waals surface area contributed by atoms with Gasteiger partial charge in [-0.1, -0.05) is 63.2 Å². The van der Waals surface area contributed by atoms with Crippen LogP contribution >= 0.6 is 0 Å². The number of rotatable bonds is 5. The van der Waals surface area contributed by atoms with E-state index in [-0.39, 0.29) is 29.8 Å². The minimum absolute atomic E-state index is 0.140. The van der Waals surface area contributed by atoms with Gasteiger partial charge >= 0.3 is 11.9 Å². The van der Waals surface area contributed by atoms with Gasteiger partial charge in [0, 0.05) is 0 Å². The number of benzene rings is 2. The van der Waals surface area contributed by atoms with Gasteiger partial charge in [-0.2, -0.15) is 0 Å². The monoisotopic (exact) mass is 326 g/mol. The summed E-state index contributed by atoms with van der Waals surface area (Å²) in [6.07, 6.45) is 0. The molecule has 0 amide bonds. The van der Waals surface area contributed by atoms with Crippen LogP contribution in [0.1, 0.15) is 47.1 Å². The lowest BCUT2D eigenvalue weighted by Crippen LogP contribution is -2.20. The molecule has 2 aromatic rings. The molecule has 0 radical (unpaired) electrons. The minimum Gasteiger partial charge on any atom is -0.462 e. The van der Waals surface area contributed by atoms with Gasteiger partial charge in [-0.3, -0.25) is 0 Å². The van der Waals surface area contributed by atoms with Crippen LogP contribution in [0.15, 0.2) is 54.6 Å². The van der Waals surface area contributed by atoms with Gasteiger partial charge in [-0.05, 0) is 23.1 Å². The van der Waals surface area contributed by atoms with Gasteiger partial charge in [-0.25, -0.2) is 9.59 Å². The van der Waals surface area contributed by atoms with E-state index >= 15 is 0 Å². The molecule has 0 fully saturated rings. The summed E-state index contributed by atoms with van der Waals surface area (Å²) in [5, 5.41) is 0. The van der Waals surface area contributed by atoms with Crippen molar-refractivity contribution in [3.05, 3.63) is 71.3 Å². The normalized spacial score (nSPS) is 11.0. The molecule has 0 bridgehead atoms. The third-order valence-electron chi connectivity index (χ3n) is 3.22. The zero-order chi connectivity index (χ0) is 17.6. The Morgan fingerprint density at radius 2 is 1.29 bits per heavy atom. The maximum Gasteiger partial charge on any atom is 0.339 e. The Balaban J connectivity index is 2.07. The van der Waals surface area contributed by atoms with E-state index in [1.54, 1.807) is 24.3 Å². The fourth-order valence-electron chi connectivity index (χ4n) is 2.00. The van der Waals surface area contributed by atoms with Crippen LogP contribution in [-0.2, 0) is 16.1 Å². The number of hydrogen-bond donors (Lipinski definition) is 0. The molecule has 0 saturated carbocycles. The van der Waals surface area contributed by atoms with Crippen LogP contribution in [0.4, 0.5) is 0 Å². The summed E-state index contributed by atoms with van der Waals surface area (Å²) >= 11 is 0. The highest BCUT2D eigenvalue weighted by Gasteiger charge is 2.21. The SMILES string of the molecule is CC(C)(C)COC(=O)c1ccccc1C(=O)OCc1ccccc1. The summed E-state index contributed by atoms with van der Waals surface area (Å²) in [6.45, 7) is 6.35. The average molecular weight is 326 g/mol. The maximum atomic E-state index is 12.3. The van der Waals surface area contributed by atoms with Crippen molar-refractivity contribution in [1.29, 1.82) is 0 Å². The lowest BCUT2D eigenvalue weighted by atomic mass is 9.98. The van der Waals surface area contributed by atoms with E-state index in [1.165, 1.54) is 0 Å². The van der Waals surface area contributed by atoms with Gasteiger partial charge in [0.2, 0.25) is 0 Å². The Bertz CT molecular complexity index is 699. The Morgan fingerprint density at radius 1 is 0.792 bits per heavy atom. The van der Waals surface area contributed by atoms with E-state index in [0.717, 1.165) is 5.56 Å². The molecule has 4 heteroatoms. The fraction of sp³-hybridized carbons (Fsp3) is 0.300. The van der Waals surface area contributed by atoms with Gasteiger partial charge in [0.25, 0.3) is 0 Å². The van der Waals surface area contributed by atoms with Gasteiger partial charge in [0.15, 0.2) is 0 Å². The molecule has 2 rings (SSSR count). The van der Waals surface area contributed by atoms with Gasteiger partial charge in [-0.15, -0.1) is 0 Å². The summed E-state index contributed by atoms with van der Waals surface area (Å²) in [6, 6.07) is 15.9. The molecule has 0 unspecified atom stereocenters. The Morgan fingerprint density at radius 3 is 1.83 bits per heavy atom. The molecule has 0 aliphatic rings. The third-order valence-corrected chi connectivity index (χ3v) is 3.22. The van der Waals surface area contributed by atoms with Gasteiger partial charge < -0.3 is 9.47 Å². The minimum atomic E-state index is -0.540. The molecule has 0 aliphatic heterocycles. The standard InChI is InChI=1S/C20H22O4/c1-20(2,3)14-24-19(22)17-12-8-7-11-16(17)18(21)23-13-15-9-5-4-6-10-15/h4-12H,13-14H2,1-3H3. The second kappa shape index (κ2) is 7.77. The number of carbonyl (C=O) groups excluding carboxylic acids is 2. The van der Waals surface area contributed by atoms with E-state index in [1.807, 2.05) is 51.1 Å². The molecule has 4 nitrogen and oxygen atoms in total. The molecule has 126 valence electrons. The van der Waals surface area contributed by atoms with Crippen LogP contribution < -0.4 is 0 Å². The number of esters is 2. The molecule has 0 saturated heterocycles. The molecule has 0 heterocycles. The summed E-state index contributed by atoms with van der Waals surface area (Å²) in [5.74, 6) is -1.06. The number of carbonyl (C=O) groups is 2. The topological polar surface area (TPSA) is 52.6 Å². The van der Waals surface area contributed by atoms with Crippen molar-refractivity contribution in [1.82, 2.24) is 0 Å². The largest absolute Gasteiger partial charge is 0.462 e. The molecule has 0 N–H and O–H groups in total. The number of hydrogen-bond acceptors (Lipinski definition) is 4. The van der Waals surface area contributed by atoms with Crippen molar-refractivity contribution >= 4 is 11.9 Å². The summed E-state index contributed by atoms with van der Waals surface area (Å²) in [5.41, 5.74) is 1.18. The summed E-state index contributed by atoms with van der Waals surface area (Å²) in [4.78, 5) is 24.6. The molecule has 0 atom stereocenters. The summed E-state index contributed by atoms with van der Waals surface area (Å²) < 4.78 is 10.6. The Kier molecular flexibility index (Phi) is 5.74. The molecule has 24 heavy (non-hydrogen) atoms. The van der Waals surface area contributed by atoms with Crippen molar-refractivity contribution in [2.24, 2.45) is 5.41 Å². The maximum absolute atomic E-state index is 12.3. The highest BCUT2D eigenvalue weighted by atomic mass is 16.5. The summed E-state index contributed by atoms with van der Waals surface area (Å²) in [7, 11) is 0. The van der Waals surface area contributed by atoms with Crippen LogP contribution in [0.5, 0.6) is 0 Å². The lowest BCUT2D eigenvalue weighted by Gasteiger charge is -2.18. The Labute approximate surface area is 142 Å². The first kappa shape index (κ1) is 17.7. The molecule has 2 aromatic carbocycles.